The van der Waals surface area contributed by atoms with Gasteiger partial charge < -0.3 is 14.2 Å². The fourth-order valence-corrected chi connectivity index (χ4v) is 3.56. The van der Waals surface area contributed by atoms with Crippen LogP contribution < -0.4 is 5.56 Å². The summed E-state index contributed by atoms with van der Waals surface area (Å²) < 4.78 is 62.5. The Morgan fingerprint density at radius 2 is 2.07 bits per heavy atom. The first-order valence-corrected chi connectivity index (χ1v) is 8.57. The monoisotopic (exact) mass is 402 g/mol. The van der Waals surface area contributed by atoms with E-state index in [1.54, 1.807) is 0 Å². The van der Waals surface area contributed by atoms with Crippen molar-refractivity contribution in [1.82, 2.24) is 10.1 Å². The first-order chi connectivity index (χ1) is 13.2. The van der Waals surface area contributed by atoms with E-state index in [-0.39, 0.29) is 24.4 Å². The SMILES string of the molecule is COC(=O)N1CC[C@H](c2cc(=O)[nH]o2)C[C@H]1Cc1cc(F)cc(C(F)(F)F)c1. The molecule has 28 heavy (non-hydrogen) atoms. The van der Waals surface area contributed by atoms with Crippen LogP contribution in [0.2, 0.25) is 0 Å². The van der Waals surface area contributed by atoms with Crippen LogP contribution in [0.1, 0.15) is 35.6 Å². The topological polar surface area (TPSA) is 75.5 Å². The predicted molar refractivity (Wildman–Crippen MR) is 89.3 cm³/mol. The van der Waals surface area contributed by atoms with Crippen LogP contribution in [-0.2, 0) is 17.3 Å². The molecule has 0 spiro atoms. The number of hydrogen-bond donors (Lipinski definition) is 1. The van der Waals surface area contributed by atoms with E-state index in [0.29, 0.717) is 24.7 Å². The predicted octanol–water partition coefficient (Wildman–Crippen LogP) is 3.68. The first kappa shape index (κ1) is 20.0. The van der Waals surface area contributed by atoms with Crippen molar-refractivity contribution in [1.29, 1.82) is 0 Å². The lowest BCUT2D eigenvalue weighted by molar-refractivity contribution is -0.137. The number of nitrogens with zero attached hydrogens (tertiary/aromatic N) is 1. The minimum atomic E-state index is -4.68. The maximum absolute atomic E-state index is 13.7. The summed E-state index contributed by atoms with van der Waals surface area (Å²) in [6.07, 6.45) is -4.48. The molecule has 0 saturated carbocycles. The molecule has 1 N–H and O–H groups in total. The van der Waals surface area contributed by atoms with Crippen LogP contribution in [0.5, 0.6) is 0 Å². The molecule has 2 heterocycles. The molecule has 1 fully saturated rings. The van der Waals surface area contributed by atoms with Crippen molar-refractivity contribution in [3.05, 3.63) is 57.3 Å². The lowest BCUT2D eigenvalue weighted by Crippen LogP contribution is -2.46. The summed E-state index contributed by atoms with van der Waals surface area (Å²) in [5.41, 5.74) is -1.37. The van der Waals surface area contributed by atoms with Gasteiger partial charge in [-0.1, -0.05) is 0 Å². The number of aromatic nitrogens is 1. The minimum absolute atomic E-state index is 0.00109. The van der Waals surface area contributed by atoms with E-state index in [4.69, 9.17) is 9.26 Å². The van der Waals surface area contributed by atoms with Crippen LogP contribution in [0.4, 0.5) is 22.4 Å². The van der Waals surface area contributed by atoms with E-state index >= 15 is 0 Å². The Bertz CT molecular complexity index is 905. The number of likely N-dealkylation sites (tertiary alicyclic amines) is 1. The van der Waals surface area contributed by atoms with Crippen LogP contribution in [0.3, 0.4) is 0 Å². The largest absolute Gasteiger partial charge is 0.453 e. The third kappa shape index (κ3) is 4.37. The Balaban J connectivity index is 1.87. The molecule has 0 bridgehead atoms. The van der Waals surface area contributed by atoms with Crippen LogP contribution in [0.25, 0.3) is 0 Å². The number of carbonyl (C=O) groups is 1. The zero-order chi connectivity index (χ0) is 20.5. The second-order valence-corrected chi connectivity index (χ2v) is 6.70. The quantitative estimate of drug-likeness (QED) is 0.795. The van der Waals surface area contributed by atoms with Crippen molar-refractivity contribution in [3.8, 4) is 0 Å². The molecule has 2 aromatic rings. The Morgan fingerprint density at radius 1 is 1.32 bits per heavy atom. The van der Waals surface area contributed by atoms with Gasteiger partial charge in [0, 0.05) is 24.6 Å². The molecular formula is C18H18F4N2O4. The molecule has 152 valence electrons. The fraction of sp³-hybridized carbons (Fsp3) is 0.444. The van der Waals surface area contributed by atoms with E-state index < -0.39 is 35.3 Å². The number of piperidine rings is 1. The Morgan fingerprint density at radius 3 is 2.68 bits per heavy atom. The molecule has 1 amide bonds. The number of halogens is 4. The number of aromatic amines is 1. The average Bonchev–Trinajstić information content (AvgIpc) is 3.06. The van der Waals surface area contributed by atoms with E-state index in [1.165, 1.54) is 18.1 Å². The van der Waals surface area contributed by atoms with Gasteiger partial charge in [-0.3, -0.25) is 4.79 Å². The summed E-state index contributed by atoms with van der Waals surface area (Å²) in [4.78, 5) is 24.8. The molecule has 2 atom stereocenters. The van der Waals surface area contributed by atoms with Gasteiger partial charge >= 0.3 is 12.3 Å². The van der Waals surface area contributed by atoms with Gasteiger partial charge in [0.25, 0.3) is 5.56 Å². The van der Waals surface area contributed by atoms with Crippen LogP contribution in [0, 0.1) is 5.82 Å². The number of carbonyl (C=O) groups excluding carboxylic acids is 1. The molecule has 0 aliphatic carbocycles. The molecular weight excluding hydrogens is 384 g/mol. The summed E-state index contributed by atoms with van der Waals surface area (Å²) in [6.45, 7) is 0.262. The molecule has 1 aromatic heterocycles. The van der Waals surface area contributed by atoms with Gasteiger partial charge in [-0.15, -0.1) is 0 Å². The molecule has 10 heteroatoms. The highest BCUT2D eigenvalue weighted by atomic mass is 19.4. The molecule has 1 saturated heterocycles. The number of nitrogens with one attached hydrogen (secondary N) is 1. The Labute approximate surface area is 157 Å². The van der Waals surface area contributed by atoms with Gasteiger partial charge in [-0.2, -0.15) is 18.3 Å². The molecule has 1 aromatic carbocycles. The van der Waals surface area contributed by atoms with Gasteiger partial charge in [-0.25, -0.2) is 9.18 Å². The molecule has 1 aliphatic rings. The summed E-state index contributed by atoms with van der Waals surface area (Å²) in [6, 6.07) is 3.08. The normalized spacial score (nSPS) is 20.2. The summed E-state index contributed by atoms with van der Waals surface area (Å²) >= 11 is 0. The molecule has 6 nitrogen and oxygen atoms in total. The van der Waals surface area contributed by atoms with E-state index in [1.807, 2.05) is 0 Å². The van der Waals surface area contributed by atoms with Crippen molar-refractivity contribution >= 4 is 6.09 Å². The highest BCUT2D eigenvalue weighted by Gasteiger charge is 2.36. The lowest BCUT2D eigenvalue weighted by Gasteiger charge is -2.38. The van der Waals surface area contributed by atoms with Gasteiger partial charge in [0.2, 0.25) is 0 Å². The molecule has 0 radical (unpaired) electrons. The Kier molecular flexibility index (Phi) is 5.48. The van der Waals surface area contributed by atoms with Crippen LogP contribution in [0.15, 0.2) is 33.6 Å². The number of amides is 1. The van der Waals surface area contributed by atoms with Crippen molar-refractivity contribution in [2.75, 3.05) is 13.7 Å². The zero-order valence-electron chi connectivity index (χ0n) is 14.9. The summed E-state index contributed by atoms with van der Waals surface area (Å²) in [7, 11) is 1.21. The van der Waals surface area contributed by atoms with Crippen LogP contribution in [-0.4, -0.2) is 35.8 Å². The van der Waals surface area contributed by atoms with Gasteiger partial charge in [-0.05, 0) is 43.0 Å². The van der Waals surface area contributed by atoms with E-state index in [0.717, 1.165) is 12.1 Å². The van der Waals surface area contributed by atoms with Crippen LogP contribution >= 0.6 is 0 Å². The third-order valence-electron chi connectivity index (χ3n) is 4.83. The highest BCUT2D eigenvalue weighted by molar-refractivity contribution is 5.68. The lowest BCUT2D eigenvalue weighted by atomic mass is 9.86. The number of H-pyrrole nitrogens is 1. The van der Waals surface area contributed by atoms with E-state index in [2.05, 4.69) is 5.16 Å². The number of hydrogen-bond acceptors (Lipinski definition) is 4. The van der Waals surface area contributed by atoms with Crippen molar-refractivity contribution in [2.45, 2.75) is 37.4 Å². The van der Waals surface area contributed by atoms with Crippen molar-refractivity contribution in [2.24, 2.45) is 0 Å². The molecule has 1 aliphatic heterocycles. The summed E-state index contributed by atoms with van der Waals surface area (Å²) in [5, 5.41) is 2.20. The number of rotatable bonds is 3. The fourth-order valence-electron chi connectivity index (χ4n) is 3.56. The van der Waals surface area contributed by atoms with Crippen molar-refractivity contribution in [3.63, 3.8) is 0 Å². The standard InChI is InChI=1S/C18H18F4N2O4/c1-27-17(26)24-3-2-11(15-9-16(25)23-28-15)7-14(24)6-10-4-12(18(20,21)22)8-13(19)5-10/h4-5,8-9,11,14H,2-3,6-7H2,1H3,(H,23,25)/t11-,14+/m0/s1. The maximum Gasteiger partial charge on any atom is 0.416 e. The summed E-state index contributed by atoms with van der Waals surface area (Å²) in [5.74, 6) is -0.798. The average molecular weight is 402 g/mol. The smallest absolute Gasteiger partial charge is 0.416 e. The molecule has 0 unspecified atom stereocenters. The number of benzene rings is 1. The maximum atomic E-state index is 13.7. The number of methoxy groups -OCH3 is 1. The van der Waals surface area contributed by atoms with E-state index in [9.17, 15) is 27.2 Å². The van der Waals surface area contributed by atoms with Gasteiger partial charge in [0.05, 0.1) is 12.7 Å². The number of alkyl halides is 3. The highest BCUT2D eigenvalue weighted by Crippen LogP contribution is 2.34. The second-order valence-electron chi connectivity index (χ2n) is 6.70. The Hall–Kier alpha value is -2.78. The second kappa shape index (κ2) is 7.69. The van der Waals surface area contributed by atoms with Gasteiger partial charge in [0.1, 0.15) is 11.6 Å². The third-order valence-corrected chi connectivity index (χ3v) is 4.83. The first-order valence-electron chi connectivity index (χ1n) is 8.57. The minimum Gasteiger partial charge on any atom is -0.453 e. The van der Waals surface area contributed by atoms with Gasteiger partial charge in [0.15, 0.2) is 0 Å². The molecule has 3 rings (SSSR count). The number of ether oxygens (including phenoxy) is 1. The zero-order valence-corrected chi connectivity index (χ0v) is 14.9. The van der Waals surface area contributed by atoms with Crippen molar-refractivity contribution < 1.29 is 31.6 Å².